The fourth-order valence-corrected chi connectivity index (χ4v) is 10.6. The van der Waals surface area contributed by atoms with Gasteiger partial charge in [-0.2, -0.15) is 0 Å². The van der Waals surface area contributed by atoms with E-state index in [1.807, 2.05) is 0 Å². The number of phenolic OH excluding ortho intramolecular Hbond substituents is 1. The number of aromatic hydroxyl groups is 1. The molecule has 0 spiro atoms. The topological polar surface area (TPSA) is 55.3 Å². The van der Waals surface area contributed by atoms with Crippen LogP contribution < -0.4 is 0 Å². The third-order valence-electron chi connectivity index (χ3n) is 15.1. The molecule has 10 rings (SSSR count). The zero-order chi connectivity index (χ0) is 52.9. The highest BCUT2D eigenvalue weighted by Crippen LogP contribution is 2.47. The molecular formula is C69H74N4O. The van der Waals surface area contributed by atoms with Crippen molar-refractivity contribution in [2.45, 2.75) is 137 Å². The maximum absolute atomic E-state index is 12.8. The van der Waals surface area contributed by atoms with Crippen LogP contribution in [0.5, 0.6) is 5.75 Å². The van der Waals surface area contributed by atoms with E-state index >= 15 is 0 Å². The lowest BCUT2D eigenvalue weighted by Crippen LogP contribution is -2.17. The Morgan fingerprint density at radius 2 is 1.00 bits per heavy atom. The highest BCUT2D eigenvalue weighted by atomic mass is 16.3. The largest absolute Gasteiger partial charge is 0.507 e. The van der Waals surface area contributed by atoms with Gasteiger partial charge in [-0.3, -0.25) is 14.1 Å². The number of fused-ring (bicyclic) bond motifs is 3. The van der Waals surface area contributed by atoms with Gasteiger partial charge in [0, 0.05) is 39.9 Å². The first-order chi connectivity index (χ1) is 34.8. The summed E-state index contributed by atoms with van der Waals surface area (Å²) in [5.74, 6) is 0.935. The minimum atomic E-state index is -0.346. The SMILES string of the molecule is CC(C)(C)c1cc(C2=CC(c3ccc(C(C)(C)C)cc3-c3ccccc3)C=N2)cc(-n2c3ccccc3c3c2nc(-c2cc(C(C)(C)C)cc(C(C)(C)C)c2O)n3-c2ccc(C(C)(C)C)cc2-c2ccccc2)c1. The molecule has 0 amide bonds. The summed E-state index contributed by atoms with van der Waals surface area (Å²) in [6.45, 7) is 33.8. The van der Waals surface area contributed by atoms with Crippen molar-refractivity contribution in [2.75, 3.05) is 0 Å². The second-order valence-electron chi connectivity index (χ2n) is 25.9. The van der Waals surface area contributed by atoms with Crippen molar-refractivity contribution in [3.05, 3.63) is 197 Å². The summed E-state index contributed by atoms with van der Waals surface area (Å²) in [7, 11) is 0. The van der Waals surface area contributed by atoms with Gasteiger partial charge in [0.1, 0.15) is 11.3 Å². The van der Waals surface area contributed by atoms with E-state index in [2.05, 4.69) is 277 Å². The monoisotopic (exact) mass is 975 g/mol. The number of allylic oxidation sites excluding steroid dienone is 1. The highest BCUT2D eigenvalue weighted by molar-refractivity contribution is 6.09. The molecule has 0 bridgehead atoms. The molecule has 1 unspecified atom stereocenters. The fraction of sp³-hybridized carbons (Fsp3) is 0.304. The van der Waals surface area contributed by atoms with Crippen LogP contribution in [0.25, 0.3) is 72.8 Å². The summed E-state index contributed by atoms with van der Waals surface area (Å²) in [4.78, 5) is 11.1. The predicted octanol–water partition coefficient (Wildman–Crippen LogP) is 18.4. The Labute approximate surface area is 440 Å². The number of nitrogens with zero attached hydrogens (tertiary/aromatic N) is 4. The van der Waals surface area contributed by atoms with Gasteiger partial charge in [-0.15, -0.1) is 0 Å². The van der Waals surface area contributed by atoms with Crippen molar-refractivity contribution >= 4 is 34.0 Å². The van der Waals surface area contributed by atoms with Gasteiger partial charge in [0.05, 0.1) is 22.5 Å². The van der Waals surface area contributed by atoms with E-state index in [-0.39, 0.29) is 38.7 Å². The lowest BCUT2D eigenvalue weighted by atomic mass is 9.79. The first kappa shape index (κ1) is 50.3. The van der Waals surface area contributed by atoms with Crippen LogP contribution in [-0.4, -0.2) is 25.4 Å². The minimum Gasteiger partial charge on any atom is -0.507 e. The van der Waals surface area contributed by atoms with Gasteiger partial charge in [-0.05, 0) is 120 Å². The normalized spacial score (nSPS) is 14.6. The van der Waals surface area contributed by atoms with Crippen molar-refractivity contribution in [1.29, 1.82) is 0 Å². The molecule has 2 aromatic heterocycles. The molecule has 1 aliphatic heterocycles. The predicted molar refractivity (Wildman–Crippen MR) is 315 cm³/mol. The summed E-state index contributed by atoms with van der Waals surface area (Å²) in [5, 5.41) is 13.8. The molecule has 1 atom stereocenters. The quantitative estimate of drug-likeness (QED) is 0.173. The summed E-state index contributed by atoms with van der Waals surface area (Å²) < 4.78 is 4.69. The number of hydrogen-bond donors (Lipinski definition) is 1. The Bertz CT molecular complexity index is 3680. The Morgan fingerprint density at radius 3 is 1.61 bits per heavy atom. The van der Waals surface area contributed by atoms with Crippen molar-refractivity contribution in [3.63, 3.8) is 0 Å². The maximum atomic E-state index is 12.8. The zero-order valence-corrected chi connectivity index (χ0v) is 46.4. The highest BCUT2D eigenvalue weighted by Gasteiger charge is 2.32. The number of aliphatic imine (C=N–C) groups is 1. The smallest absolute Gasteiger partial charge is 0.165 e. The third-order valence-corrected chi connectivity index (χ3v) is 15.1. The molecule has 376 valence electrons. The minimum absolute atomic E-state index is 0.00801. The molecule has 9 aromatic rings. The van der Waals surface area contributed by atoms with Crippen LogP contribution in [0, 0.1) is 0 Å². The summed E-state index contributed by atoms with van der Waals surface area (Å²) in [5.41, 5.74) is 18.4. The van der Waals surface area contributed by atoms with E-state index in [1.54, 1.807) is 0 Å². The Morgan fingerprint density at radius 1 is 0.459 bits per heavy atom. The van der Waals surface area contributed by atoms with Gasteiger partial charge in [0.25, 0.3) is 0 Å². The van der Waals surface area contributed by atoms with Crippen LogP contribution in [0.15, 0.2) is 163 Å². The lowest BCUT2D eigenvalue weighted by molar-refractivity contribution is 0.446. The fourth-order valence-electron chi connectivity index (χ4n) is 10.6. The molecule has 1 aliphatic rings. The van der Waals surface area contributed by atoms with Crippen LogP contribution in [0.4, 0.5) is 0 Å². The standard InChI is InChI=1S/C69H74N4O/c1-65(2,3)47-30-32-52(54(38-47)43-24-18-16-19-25-43)46-36-58(70-42-46)45-34-49(67(7,8)9)37-51(35-45)72-59-29-23-22-28-53(59)61-64(72)71-63(56-40-50(68(10,11)12)41-57(62(56)74)69(13,14)15)73(61)60-33-31-48(66(4,5)6)39-55(60)44-26-20-17-21-27-44/h16-42,46,74H,1-15H3. The van der Waals surface area contributed by atoms with Gasteiger partial charge >= 0.3 is 0 Å². The van der Waals surface area contributed by atoms with Crippen molar-refractivity contribution in [1.82, 2.24) is 14.1 Å². The van der Waals surface area contributed by atoms with Gasteiger partial charge in [0.15, 0.2) is 11.5 Å². The summed E-state index contributed by atoms with van der Waals surface area (Å²) in [6.07, 6.45) is 4.46. The molecule has 0 fully saturated rings. The first-order valence-electron chi connectivity index (χ1n) is 26.5. The van der Waals surface area contributed by atoms with Crippen molar-refractivity contribution in [2.24, 2.45) is 4.99 Å². The number of rotatable bonds is 7. The number of imidazole rings is 1. The van der Waals surface area contributed by atoms with Crippen LogP contribution in [0.1, 0.15) is 149 Å². The van der Waals surface area contributed by atoms with Gasteiger partial charge in [-0.25, -0.2) is 4.98 Å². The molecule has 5 nitrogen and oxygen atoms in total. The second kappa shape index (κ2) is 18.0. The molecule has 5 heteroatoms. The average Bonchev–Trinajstić information content (AvgIpc) is 4.07. The molecule has 3 heterocycles. The van der Waals surface area contributed by atoms with Gasteiger partial charge in [0.2, 0.25) is 0 Å². The Kier molecular flexibility index (Phi) is 12.2. The van der Waals surface area contributed by atoms with Gasteiger partial charge < -0.3 is 5.11 Å². The lowest BCUT2D eigenvalue weighted by Gasteiger charge is -2.28. The second-order valence-corrected chi connectivity index (χ2v) is 25.9. The van der Waals surface area contributed by atoms with Gasteiger partial charge in [-0.1, -0.05) is 213 Å². The van der Waals surface area contributed by atoms with E-state index < -0.39 is 0 Å². The van der Waals surface area contributed by atoms with E-state index in [1.165, 1.54) is 33.4 Å². The van der Waals surface area contributed by atoms with Crippen LogP contribution in [0.3, 0.4) is 0 Å². The number of benzene rings is 7. The summed E-state index contributed by atoms with van der Waals surface area (Å²) >= 11 is 0. The van der Waals surface area contributed by atoms with Crippen molar-refractivity contribution in [3.8, 4) is 50.8 Å². The van der Waals surface area contributed by atoms with Crippen LogP contribution in [0.2, 0.25) is 0 Å². The third kappa shape index (κ3) is 9.24. The molecular weight excluding hydrogens is 901 g/mol. The molecule has 0 saturated carbocycles. The Balaban J connectivity index is 1.27. The maximum Gasteiger partial charge on any atom is 0.165 e. The van der Waals surface area contributed by atoms with E-state index in [0.717, 1.165) is 67.0 Å². The zero-order valence-electron chi connectivity index (χ0n) is 46.4. The molecule has 74 heavy (non-hydrogen) atoms. The summed E-state index contributed by atoms with van der Waals surface area (Å²) in [6, 6.07) is 55.4. The van der Waals surface area contributed by atoms with E-state index in [9.17, 15) is 5.11 Å². The van der Waals surface area contributed by atoms with E-state index in [4.69, 9.17) is 9.98 Å². The molecule has 0 saturated heterocycles. The number of phenols is 1. The average molecular weight is 975 g/mol. The number of aromatic nitrogens is 3. The molecule has 0 radical (unpaired) electrons. The number of hydrogen-bond acceptors (Lipinski definition) is 3. The molecule has 7 aromatic carbocycles. The number of para-hydroxylation sites is 1. The molecule has 0 aliphatic carbocycles. The Hall–Kier alpha value is -7.24. The van der Waals surface area contributed by atoms with Crippen LogP contribution in [-0.2, 0) is 27.1 Å². The van der Waals surface area contributed by atoms with E-state index in [0.29, 0.717) is 11.4 Å². The first-order valence-corrected chi connectivity index (χ1v) is 26.5. The molecule has 1 N–H and O–H groups in total. The van der Waals surface area contributed by atoms with Crippen molar-refractivity contribution < 1.29 is 5.11 Å². The van der Waals surface area contributed by atoms with Crippen LogP contribution >= 0.6 is 0 Å².